The maximum absolute atomic E-state index is 9.45. The first-order chi connectivity index (χ1) is 9.65. The zero-order valence-corrected chi connectivity index (χ0v) is 11.7. The number of aromatic nitrogens is 1. The summed E-state index contributed by atoms with van der Waals surface area (Å²) in [5, 5.41) is 9.45. The number of aliphatic hydroxyl groups excluding tert-OH is 1. The Hall–Kier alpha value is -2.27. The molecule has 20 heavy (non-hydrogen) atoms. The van der Waals surface area contributed by atoms with Crippen LogP contribution in [-0.2, 0) is 0 Å². The number of ether oxygens (including phenoxy) is 3. The van der Waals surface area contributed by atoms with Gasteiger partial charge in [0.15, 0.2) is 11.5 Å². The van der Waals surface area contributed by atoms with Crippen molar-refractivity contribution in [2.45, 2.75) is 13.0 Å². The summed E-state index contributed by atoms with van der Waals surface area (Å²) in [6.45, 7) is 1.68. The minimum Gasteiger partial charge on any atom is -0.493 e. The number of aliphatic hydroxyl groups is 1. The third-order valence-electron chi connectivity index (χ3n) is 2.83. The molecule has 0 unspecified atom stereocenters. The van der Waals surface area contributed by atoms with Crippen molar-refractivity contribution in [2.75, 3.05) is 14.2 Å². The van der Waals surface area contributed by atoms with Gasteiger partial charge in [-0.2, -0.15) is 0 Å². The van der Waals surface area contributed by atoms with Gasteiger partial charge in [-0.1, -0.05) is 6.07 Å². The van der Waals surface area contributed by atoms with Crippen molar-refractivity contribution >= 4 is 0 Å². The molecule has 1 N–H and O–H groups in total. The Morgan fingerprint density at radius 1 is 1.05 bits per heavy atom. The fourth-order valence-electron chi connectivity index (χ4n) is 1.72. The van der Waals surface area contributed by atoms with Crippen LogP contribution in [0.25, 0.3) is 0 Å². The van der Waals surface area contributed by atoms with E-state index in [0.717, 1.165) is 5.56 Å². The maximum Gasteiger partial charge on any atom is 0.219 e. The summed E-state index contributed by atoms with van der Waals surface area (Å²) < 4.78 is 16.2. The standard InChI is InChI=1S/C15H17NO4/c1-10(17)11-7-8-14(16-9-11)20-15-12(18-2)5-4-6-13(15)19-3/h4-10,17H,1-3H3/t10-/m1/s1. The van der Waals surface area contributed by atoms with Crippen molar-refractivity contribution in [1.29, 1.82) is 0 Å². The summed E-state index contributed by atoms with van der Waals surface area (Å²) in [5.41, 5.74) is 0.726. The van der Waals surface area contributed by atoms with Gasteiger partial charge in [0, 0.05) is 12.3 Å². The van der Waals surface area contributed by atoms with Gasteiger partial charge >= 0.3 is 0 Å². The molecule has 0 radical (unpaired) electrons. The third-order valence-corrected chi connectivity index (χ3v) is 2.83. The lowest BCUT2D eigenvalue weighted by molar-refractivity contribution is 0.198. The molecule has 1 aromatic heterocycles. The van der Waals surface area contributed by atoms with E-state index in [1.54, 1.807) is 51.6 Å². The molecule has 1 heterocycles. The first-order valence-corrected chi connectivity index (χ1v) is 6.18. The number of methoxy groups -OCH3 is 2. The predicted molar refractivity (Wildman–Crippen MR) is 74.5 cm³/mol. The Bertz CT molecular complexity index is 544. The summed E-state index contributed by atoms with van der Waals surface area (Å²) in [6.07, 6.45) is 1.01. The van der Waals surface area contributed by atoms with E-state index in [9.17, 15) is 5.11 Å². The fourth-order valence-corrected chi connectivity index (χ4v) is 1.72. The molecule has 0 bridgehead atoms. The summed E-state index contributed by atoms with van der Waals surface area (Å²) in [7, 11) is 3.12. The van der Waals surface area contributed by atoms with Crippen LogP contribution in [0.5, 0.6) is 23.1 Å². The highest BCUT2D eigenvalue weighted by molar-refractivity contribution is 5.52. The molecule has 5 nitrogen and oxygen atoms in total. The zero-order chi connectivity index (χ0) is 14.5. The quantitative estimate of drug-likeness (QED) is 0.909. The average molecular weight is 275 g/mol. The second-order valence-corrected chi connectivity index (χ2v) is 4.20. The van der Waals surface area contributed by atoms with Crippen LogP contribution in [0.2, 0.25) is 0 Å². The SMILES string of the molecule is COc1cccc(OC)c1Oc1ccc([C@@H](C)O)cn1. The van der Waals surface area contributed by atoms with Gasteiger partial charge in [-0.15, -0.1) is 0 Å². The lowest BCUT2D eigenvalue weighted by atomic mass is 10.2. The van der Waals surface area contributed by atoms with Crippen molar-refractivity contribution in [3.63, 3.8) is 0 Å². The van der Waals surface area contributed by atoms with Gasteiger partial charge in [0.1, 0.15) is 0 Å². The summed E-state index contributed by atoms with van der Waals surface area (Å²) in [6, 6.07) is 8.82. The number of rotatable bonds is 5. The first kappa shape index (κ1) is 14.1. The lowest BCUT2D eigenvalue weighted by Crippen LogP contribution is -1.97. The summed E-state index contributed by atoms with van der Waals surface area (Å²) in [5.74, 6) is 1.99. The Balaban J connectivity index is 2.29. The highest BCUT2D eigenvalue weighted by Gasteiger charge is 2.13. The van der Waals surface area contributed by atoms with Crippen molar-refractivity contribution in [3.8, 4) is 23.1 Å². The number of nitrogens with zero attached hydrogens (tertiary/aromatic N) is 1. The van der Waals surface area contributed by atoms with Crippen LogP contribution in [-0.4, -0.2) is 24.3 Å². The first-order valence-electron chi connectivity index (χ1n) is 6.18. The molecule has 0 spiro atoms. The number of para-hydroxylation sites is 1. The molecule has 1 aromatic carbocycles. The maximum atomic E-state index is 9.45. The van der Waals surface area contributed by atoms with E-state index in [1.165, 1.54) is 0 Å². The Morgan fingerprint density at radius 3 is 2.15 bits per heavy atom. The molecule has 5 heteroatoms. The van der Waals surface area contributed by atoms with Crippen LogP contribution in [0.1, 0.15) is 18.6 Å². The molecule has 2 rings (SSSR count). The van der Waals surface area contributed by atoms with Crippen molar-refractivity contribution < 1.29 is 19.3 Å². The van der Waals surface area contributed by atoms with E-state index in [0.29, 0.717) is 23.1 Å². The van der Waals surface area contributed by atoms with E-state index >= 15 is 0 Å². The second kappa shape index (κ2) is 6.25. The van der Waals surface area contributed by atoms with Gasteiger partial charge in [-0.05, 0) is 30.7 Å². The van der Waals surface area contributed by atoms with Crippen LogP contribution in [0, 0.1) is 0 Å². The third kappa shape index (κ3) is 3.00. The average Bonchev–Trinajstić information content (AvgIpc) is 2.48. The Labute approximate surface area is 117 Å². The molecule has 0 aliphatic heterocycles. The Kier molecular flexibility index (Phi) is 4.42. The van der Waals surface area contributed by atoms with Gasteiger partial charge in [0.25, 0.3) is 0 Å². The lowest BCUT2D eigenvalue weighted by Gasteiger charge is -2.13. The molecular weight excluding hydrogens is 258 g/mol. The molecule has 2 aromatic rings. The number of benzene rings is 1. The summed E-state index contributed by atoms with van der Waals surface area (Å²) >= 11 is 0. The van der Waals surface area contributed by atoms with Crippen molar-refractivity contribution in [3.05, 3.63) is 42.1 Å². The summed E-state index contributed by atoms with van der Waals surface area (Å²) in [4.78, 5) is 4.15. The van der Waals surface area contributed by atoms with Gasteiger partial charge in [-0.3, -0.25) is 0 Å². The van der Waals surface area contributed by atoms with E-state index < -0.39 is 6.10 Å². The van der Waals surface area contributed by atoms with Crippen molar-refractivity contribution in [1.82, 2.24) is 4.98 Å². The van der Waals surface area contributed by atoms with Gasteiger partial charge in [0.2, 0.25) is 11.6 Å². The number of hydrogen-bond acceptors (Lipinski definition) is 5. The van der Waals surface area contributed by atoms with Gasteiger partial charge in [-0.25, -0.2) is 4.98 Å². The second-order valence-electron chi connectivity index (χ2n) is 4.20. The normalized spacial score (nSPS) is 11.8. The van der Waals surface area contributed by atoms with E-state index in [-0.39, 0.29) is 0 Å². The Morgan fingerprint density at radius 2 is 1.70 bits per heavy atom. The van der Waals surface area contributed by atoms with E-state index in [2.05, 4.69) is 4.98 Å². The van der Waals surface area contributed by atoms with Crippen LogP contribution < -0.4 is 14.2 Å². The van der Waals surface area contributed by atoms with E-state index in [1.807, 2.05) is 6.07 Å². The highest BCUT2D eigenvalue weighted by Crippen LogP contribution is 2.39. The molecule has 0 aliphatic carbocycles. The highest BCUT2D eigenvalue weighted by atomic mass is 16.5. The van der Waals surface area contributed by atoms with Gasteiger partial charge in [0.05, 0.1) is 20.3 Å². The number of pyridine rings is 1. The van der Waals surface area contributed by atoms with Crippen LogP contribution in [0.15, 0.2) is 36.5 Å². The smallest absolute Gasteiger partial charge is 0.219 e. The molecule has 1 atom stereocenters. The molecular formula is C15H17NO4. The van der Waals surface area contributed by atoms with Gasteiger partial charge < -0.3 is 19.3 Å². The topological polar surface area (TPSA) is 60.8 Å². The minimum atomic E-state index is -0.558. The van der Waals surface area contributed by atoms with Crippen LogP contribution in [0.4, 0.5) is 0 Å². The fraction of sp³-hybridized carbons (Fsp3) is 0.267. The molecule has 106 valence electrons. The zero-order valence-electron chi connectivity index (χ0n) is 11.7. The van der Waals surface area contributed by atoms with Crippen LogP contribution in [0.3, 0.4) is 0 Å². The van der Waals surface area contributed by atoms with Crippen molar-refractivity contribution in [2.24, 2.45) is 0 Å². The largest absolute Gasteiger partial charge is 0.493 e. The minimum absolute atomic E-state index is 0.400. The molecule has 0 aliphatic rings. The molecule has 0 saturated carbocycles. The molecule has 0 fully saturated rings. The van der Waals surface area contributed by atoms with Crippen LogP contribution >= 0.6 is 0 Å². The van der Waals surface area contributed by atoms with E-state index in [4.69, 9.17) is 14.2 Å². The molecule has 0 saturated heterocycles. The predicted octanol–water partition coefficient (Wildman–Crippen LogP) is 2.94. The monoisotopic (exact) mass is 275 g/mol. The molecule has 0 amide bonds. The number of hydrogen-bond donors (Lipinski definition) is 1.